The molecule has 0 aliphatic carbocycles. The maximum atomic E-state index is 13.8. The summed E-state index contributed by atoms with van der Waals surface area (Å²) in [6.45, 7) is 2.11. The molecule has 3 N–H and O–H groups in total. The number of carboxylic acids is 1. The molecular weight excluding hydrogens is 522 g/mol. The maximum Gasteiger partial charge on any atom is 0.337 e. The first kappa shape index (κ1) is 30.0. The number of anilines is 1. The molecule has 0 aromatic heterocycles. The monoisotopic (exact) mass is 557 g/mol. The van der Waals surface area contributed by atoms with Gasteiger partial charge in [0.25, 0.3) is 0 Å². The van der Waals surface area contributed by atoms with Crippen LogP contribution < -0.4 is 10.5 Å². The van der Waals surface area contributed by atoms with Crippen LogP contribution in [0.1, 0.15) is 72.9 Å². The zero-order valence-electron chi connectivity index (χ0n) is 22.6. The summed E-state index contributed by atoms with van der Waals surface area (Å²) in [6.07, 6.45) is 3.91. The molecule has 1 aliphatic heterocycles. The van der Waals surface area contributed by atoms with Crippen LogP contribution in [0.3, 0.4) is 0 Å². The van der Waals surface area contributed by atoms with Crippen molar-refractivity contribution >= 4 is 40.8 Å². The van der Waals surface area contributed by atoms with E-state index >= 15 is 0 Å². The minimum Gasteiger partial charge on any atom is -0.496 e. The molecule has 39 heavy (non-hydrogen) atoms. The van der Waals surface area contributed by atoms with Gasteiger partial charge in [-0.2, -0.15) is 0 Å². The van der Waals surface area contributed by atoms with Gasteiger partial charge < -0.3 is 20.4 Å². The normalized spacial score (nSPS) is 17.5. The second-order valence-electron chi connectivity index (χ2n) is 9.75. The fourth-order valence-electron chi connectivity index (χ4n) is 4.99. The molecule has 2 aromatic carbocycles. The lowest BCUT2D eigenvalue weighted by atomic mass is 9.88. The van der Waals surface area contributed by atoms with Gasteiger partial charge in [0.05, 0.1) is 24.9 Å². The van der Waals surface area contributed by atoms with E-state index in [0.29, 0.717) is 42.2 Å². The number of halogens is 1. The molecule has 2 atom stereocenters. The Hall–Kier alpha value is -3.59. The predicted molar refractivity (Wildman–Crippen MR) is 150 cm³/mol. The number of likely N-dealkylation sites (tertiary alicyclic amines) is 1. The zero-order valence-corrected chi connectivity index (χ0v) is 23.4. The van der Waals surface area contributed by atoms with E-state index in [9.17, 15) is 19.5 Å². The molecule has 1 unspecified atom stereocenters. The number of carboxylic acid groups (broad SMARTS) is 1. The maximum absolute atomic E-state index is 13.8. The van der Waals surface area contributed by atoms with E-state index in [0.717, 1.165) is 24.0 Å². The quantitative estimate of drug-likeness (QED) is 0.283. The molecule has 9 nitrogen and oxygen atoms in total. The van der Waals surface area contributed by atoms with E-state index in [1.54, 1.807) is 37.4 Å². The van der Waals surface area contributed by atoms with Gasteiger partial charge in [-0.05, 0) is 73.1 Å². The fourth-order valence-corrected chi connectivity index (χ4v) is 5.18. The molecule has 1 heterocycles. The van der Waals surface area contributed by atoms with Crippen molar-refractivity contribution in [3.05, 3.63) is 58.1 Å². The van der Waals surface area contributed by atoms with Crippen molar-refractivity contribution in [3.63, 3.8) is 0 Å². The summed E-state index contributed by atoms with van der Waals surface area (Å²) >= 11 is 6.22. The van der Waals surface area contributed by atoms with Crippen molar-refractivity contribution in [1.29, 1.82) is 0 Å². The van der Waals surface area contributed by atoms with Crippen LogP contribution in [-0.4, -0.2) is 54.3 Å². The van der Waals surface area contributed by atoms with E-state index in [4.69, 9.17) is 26.9 Å². The number of nitrogens with two attached hydrogens (primary N) is 1. The third kappa shape index (κ3) is 7.72. The number of imide groups is 1. The molecule has 1 fully saturated rings. The molecule has 2 aromatic rings. The van der Waals surface area contributed by atoms with Crippen LogP contribution in [0.4, 0.5) is 5.69 Å². The van der Waals surface area contributed by atoms with E-state index in [-0.39, 0.29) is 41.9 Å². The number of carbonyl (C=O) groups is 3. The number of hydrogen-bond acceptors (Lipinski definition) is 7. The third-order valence-electron chi connectivity index (χ3n) is 7.07. The lowest BCUT2D eigenvalue weighted by Gasteiger charge is -2.26. The highest BCUT2D eigenvalue weighted by molar-refractivity contribution is 6.30. The highest BCUT2D eigenvalue weighted by Gasteiger charge is 2.35. The standard InChI is InChI=1S/C29H36ClN3O6/c1-4-5-6-18(19-8-11-24(29(36)37)25(31)15-19)16-27(34)33-17-23(32-39-3)10-7-20(28(33)35)13-21-14-22(30)9-12-26(21)38-2/h8-9,11-12,14-15,18,20H,4-7,10,13,16-17,31H2,1-3H3,(H,36,37)/b32-23+/t18-,20?/m0/s1. The number of amides is 2. The van der Waals surface area contributed by atoms with Gasteiger partial charge >= 0.3 is 5.97 Å². The first-order valence-corrected chi connectivity index (χ1v) is 13.4. The first-order valence-electron chi connectivity index (χ1n) is 13.1. The second kappa shape index (κ2) is 14.0. The number of methoxy groups -OCH3 is 1. The third-order valence-corrected chi connectivity index (χ3v) is 7.31. The summed E-state index contributed by atoms with van der Waals surface area (Å²) in [6, 6.07) is 10.0. The van der Waals surface area contributed by atoms with Crippen molar-refractivity contribution < 1.29 is 29.1 Å². The number of carbonyl (C=O) groups excluding carboxylic acids is 2. The zero-order chi connectivity index (χ0) is 28.5. The molecule has 0 spiro atoms. The highest BCUT2D eigenvalue weighted by atomic mass is 35.5. The van der Waals surface area contributed by atoms with Gasteiger partial charge in [-0.25, -0.2) is 4.79 Å². The van der Waals surface area contributed by atoms with Gasteiger partial charge in [0.2, 0.25) is 11.8 Å². The number of ether oxygens (including phenoxy) is 1. The number of unbranched alkanes of at least 4 members (excludes halogenated alkanes) is 1. The number of aromatic carboxylic acids is 1. The highest BCUT2D eigenvalue weighted by Crippen LogP contribution is 2.32. The van der Waals surface area contributed by atoms with Crippen molar-refractivity contribution in [1.82, 2.24) is 4.90 Å². The van der Waals surface area contributed by atoms with E-state index < -0.39 is 11.9 Å². The fraction of sp³-hybridized carbons (Fsp3) is 0.448. The summed E-state index contributed by atoms with van der Waals surface area (Å²) in [5.74, 6) is -1.79. The molecular formula is C29H36ClN3O6. The number of nitrogen functional groups attached to an aromatic ring is 1. The minimum absolute atomic E-state index is 0.0155. The van der Waals surface area contributed by atoms with Crippen LogP contribution in [0, 0.1) is 5.92 Å². The van der Waals surface area contributed by atoms with Gasteiger partial charge in [-0.15, -0.1) is 0 Å². The van der Waals surface area contributed by atoms with Crippen LogP contribution in [0.25, 0.3) is 0 Å². The number of nitrogens with zero attached hydrogens (tertiary/aromatic N) is 2. The molecule has 2 amide bonds. The summed E-state index contributed by atoms with van der Waals surface area (Å²) in [7, 11) is 3.00. The summed E-state index contributed by atoms with van der Waals surface area (Å²) in [4.78, 5) is 45.2. The molecule has 1 aliphatic rings. The minimum atomic E-state index is -1.11. The van der Waals surface area contributed by atoms with Crippen LogP contribution >= 0.6 is 11.6 Å². The lowest BCUT2D eigenvalue weighted by molar-refractivity contribution is -0.146. The summed E-state index contributed by atoms with van der Waals surface area (Å²) < 4.78 is 5.47. The van der Waals surface area contributed by atoms with E-state index in [1.165, 1.54) is 18.1 Å². The van der Waals surface area contributed by atoms with Gasteiger partial charge in [-0.3, -0.25) is 14.5 Å². The molecule has 10 heteroatoms. The van der Waals surface area contributed by atoms with E-state index in [2.05, 4.69) is 12.1 Å². The Morgan fingerprint density at radius 3 is 2.64 bits per heavy atom. The Morgan fingerprint density at radius 1 is 1.23 bits per heavy atom. The van der Waals surface area contributed by atoms with Gasteiger partial charge in [0.1, 0.15) is 12.9 Å². The molecule has 210 valence electrons. The van der Waals surface area contributed by atoms with Crippen molar-refractivity contribution in [2.75, 3.05) is 26.5 Å². The Kier molecular flexibility index (Phi) is 10.7. The van der Waals surface area contributed by atoms with Crippen molar-refractivity contribution in [2.24, 2.45) is 11.1 Å². The summed E-state index contributed by atoms with van der Waals surface area (Å²) in [5, 5.41) is 14.0. The average Bonchev–Trinajstić information content (AvgIpc) is 3.05. The van der Waals surface area contributed by atoms with Crippen LogP contribution in [0.2, 0.25) is 5.02 Å². The number of rotatable bonds is 11. The Balaban J connectivity index is 1.90. The SMILES string of the molecule is CCCC[C@@H](CC(=O)N1C/C(=N/OC)CCC(Cc2cc(Cl)ccc2OC)C1=O)c1ccc(C(=O)O)c(N)c1. The van der Waals surface area contributed by atoms with Gasteiger partial charge in [-0.1, -0.05) is 42.6 Å². The number of hydrogen-bond donors (Lipinski definition) is 2. The van der Waals surface area contributed by atoms with Gasteiger partial charge in [0, 0.05) is 23.0 Å². The second-order valence-corrected chi connectivity index (χ2v) is 10.2. The smallest absolute Gasteiger partial charge is 0.337 e. The average molecular weight is 558 g/mol. The topological polar surface area (TPSA) is 132 Å². The van der Waals surface area contributed by atoms with E-state index in [1.807, 2.05) is 0 Å². The predicted octanol–water partition coefficient (Wildman–Crippen LogP) is 5.30. The van der Waals surface area contributed by atoms with Crippen molar-refractivity contribution in [2.45, 2.75) is 57.8 Å². The molecule has 1 saturated heterocycles. The molecule has 0 radical (unpaired) electrons. The number of benzene rings is 2. The molecule has 0 saturated carbocycles. The Bertz CT molecular complexity index is 1230. The van der Waals surface area contributed by atoms with Crippen molar-refractivity contribution in [3.8, 4) is 5.75 Å². The lowest BCUT2D eigenvalue weighted by Crippen LogP contribution is -2.42. The van der Waals surface area contributed by atoms with Crippen LogP contribution in [0.5, 0.6) is 5.75 Å². The van der Waals surface area contributed by atoms with Crippen LogP contribution in [-0.2, 0) is 20.8 Å². The first-order chi connectivity index (χ1) is 18.7. The van der Waals surface area contributed by atoms with Crippen LogP contribution in [0.15, 0.2) is 41.6 Å². The molecule has 0 bridgehead atoms. The largest absolute Gasteiger partial charge is 0.496 e. The Morgan fingerprint density at radius 2 is 2.00 bits per heavy atom. The Labute approximate surface area is 233 Å². The number of oxime groups is 1. The summed E-state index contributed by atoms with van der Waals surface area (Å²) in [5.41, 5.74) is 8.33. The molecule has 3 rings (SSSR count). The van der Waals surface area contributed by atoms with Gasteiger partial charge in [0.15, 0.2) is 0 Å².